The predicted octanol–water partition coefficient (Wildman–Crippen LogP) is 24.8. The fourth-order valence-corrected chi connectivity index (χ4v) is 10.5. The Labute approximate surface area is 510 Å². The van der Waals surface area contributed by atoms with Crippen LogP contribution in [0.25, 0.3) is 0 Å². The summed E-state index contributed by atoms with van der Waals surface area (Å²) in [6.45, 7) is 6.52. The van der Waals surface area contributed by atoms with Gasteiger partial charge in [0.25, 0.3) is 0 Å². The highest BCUT2D eigenvalue weighted by Gasteiger charge is 2.19. The Morgan fingerprint density at radius 3 is 0.780 bits per heavy atom. The Hall–Kier alpha value is -3.15. The summed E-state index contributed by atoms with van der Waals surface area (Å²) in [7, 11) is 0. The first-order valence-corrected chi connectivity index (χ1v) is 35.9. The molecule has 82 heavy (non-hydrogen) atoms. The van der Waals surface area contributed by atoms with Crippen LogP contribution in [0.3, 0.4) is 0 Å². The Kier molecular flexibility index (Phi) is 67.6. The van der Waals surface area contributed by atoms with Crippen LogP contribution in [0.15, 0.2) is 72.9 Å². The number of hydrogen-bond donors (Lipinski definition) is 0. The Balaban J connectivity index is 4.15. The van der Waals surface area contributed by atoms with Crippen LogP contribution in [0.1, 0.15) is 374 Å². The second-order valence-electron chi connectivity index (χ2n) is 24.1. The van der Waals surface area contributed by atoms with Crippen molar-refractivity contribution < 1.29 is 28.6 Å². The average molecular weight is 1150 g/mol. The van der Waals surface area contributed by atoms with Gasteiger partial charge in [0.1, 0.15) is 13.2 Å². The molecule has 0 aromatic rings. The number of carbonyl (C=O) groups excluding carboxylic acids is 3. The van der Waals surface area contributed by atoms with E-state index < -0.39 is 6.10 Å². The van der Waals surface area contributed by atoms with E-state index in [1.54, 1.807) is 0 Å². The Morgan fingerprint density at radius 2 is 0.476 bits per heavy atom. The normalized spacial score (nSPS) is 12.5. The summed E-state index contributed by atoms with van der Waals surface area (Å²) in [5.74, 6) is -0.906. The van der Waals surface area contributed by atoms with Gasteiger partial charge in [-0.2, -0.15) is 0 Å². The summed E-state index contributed by atoms with van der Waals surface area (Å²) in [6.07, 6.45) is 92.4. The highest BCUT2D eigenvalue weighted by atomic mass is 16.6. The van der Waals surface area contributed by atoms with Crippen molar-refractivity contribution in [2.24, 2.45) is 0 Å². The molecule has 0 fully saturated rings. The lowest BCUT2D eigenvalue weighted by Gasteiger charge is -2.18. The largest absolute Gasteiger partial charge is 0.462 e. The van der Waals surface area contributed by atoms with Gasteiger partial charge in [-0.05, 0) is 109 Å². The topological polar surface area (TPSA) is 78.9 Å². The van der Waals surface area contributed by atoms with Crippen molar-refractivity contribution in [3.8, 4) is 0 Å². The van der Waals surface area contributed by atoms with E-state index in [4.69, 9.17) is 14.2 Å². The van der Waals surface area contributed by atoms with Gasteiger partial charge in [0, 0.05) is 19.3 Å². The zero-order chi connectivity index (χ0) is 59.2. The second kappa shape index (κ2) is 70.3. The summed E-state index contributed by atoms with van der Waals surface area (Å²) in [6, 6.07) is 0. The molecule has 476 valence electrons. The smallest absolute Gasteiger partial charge is 0.306 e. The highest BCUT2D eigenvalue weighted by molar-refractivity contribution is 5.71. The lowest BCUT2D eigenvalue weighted by Crippen LogP contribution is -2.30. The molecule has 0 amide bonds. The monoisotopic (exact) mass is 1150 g/mol. The fourth-order valence-electron chi connectivity index (χ4n) is 10.5. The van der Waals surface area contributed by atoms with E-state index in [9.17, 15) is 14.4 Å². The summed E-state index contributed by atoms with van der Waals surface area (Å²) >= 11 is 0. The van der Waals surface area contributed by atoms with E-state index in [0.717, 1.165) is 96.3 Å². The fraction of sp³-hybridized carbons (Fsp3) is 0.803. The number of hydrogen-bond acceptors (Lipinski definition) is 6. The van der Waals surface area contributed by atoms with Crippen molar-refractivity contribution >= 4 is 17.9 Å². The maximum atomic E-state index is 12.9. The third-order valence-corrected chi connectivity index (χ3v) is 15.9. The summed E-state index contributed by atoms with van der Waals surface area (Å²) in [4.78, 5) is 38.4. The minimum Gasteiger partial charge on any atom is -0.462 e. The van der Waals surface area contributed by atoms with Crippen molar-refractivity contribution in [1.82, 2.24) is 0 Å². The van der Waals surface area contributed by atoms with Crippen LogP contribution in [0, 0.1) is 0 Å². The van der Waals surface area contributed by atoms with E-state index in [2.05, 4.69) is 93.7 Å². The Bertz CT molecular complexity index is 1500. The molecule has 0 aliphatic rings. The molecule has 0 radical (unpaired) electrons. The Morgan fingerprint density at radius 1 is 0.256 bits per heavy atom. The second-order valence-corrected chi connectivity index (χ2v) is 24.1. The maximum absolute atomic E-state index is 12.9. The van der Waals surface area contributed by atoms with Crippen LogP contribution in [-0.2, 0) is 28.6 Å². The first-order valence-electron chi connectivity index (χ1n) is 35.9. The van der Waals surface area contributed by atoms with Gasteiger partial charge in [-0.1, -0.05) is 318 Å². The standard InChI is InChI=1S/C76H136O6/c1-4-7-10-13-16-19-22-25-27-29-31-32-33-34-35-36-37-38-39-40-41-42-43-44-45-47-48-51-54-57-60-63-66-69-75(78)81-72-73(71-80-74(77)68-65-62-59-56-53-50-24-21-18-15-12-9-6-3)82-76(79)70-67-64-61-58-55-52-49-46-30-28-26-23-20-17-14-11-8-5-2/h9,12,18,20-21,23,28-31,50,53,73H,4-8,10-11,13-17,19,22,24-27,32-49,51-52,54-72H2,1-3H3/b12-9-,21-18-,23-20-,30-28-,31-29-,53-50-. The van der Waals surface area contributed by atoms with Crippen molar-refractivity contribution in [2.45, 2.75) is 380 Å². The number of allylic oxidation sites excluding steroid dienone is 12. The molecule has 0 aromatic carbocycles. The molecule has 0 bridgehead atoms. The average Bonchev–Trinajstić information content (AvgIpc) is 3.47. The molecule has 0 aliphatic heterocycles. The number of carbonyl (C=O) groups is 3. The molecule has 0 saturated heterocycles. The van der Waals surface area contributed by atoms with Crippen molar-refractivity contribution in [3.63, 3.8) is 0 Å². The zero-order valence-electron chi connectivity index (χ0n) is 54.8. The molecule has 6 heteroatoms. The maximum Gasteiger partial charge on any atom is 0.306 e. The van der Waals surface area contributed by atoms with Gasteiger partial charge in [0.05, 0.1) is 0 Å². The van der Waals surface area contributed by atoms with Gasteiger partial charge < -0.3 is 14.2 Å². The predicted molar refractivity (Wildman–Crippen MR) is 358 cm³/mol. The van der Waals surface area contributed by atoms with Crippen LogP contribution in [-0.4, -0.2) is 37.2 Å². The molecule has 0 saturated carbocycles. The number of unbranched alkanes of at least 4 members (excludes halogenated alkanes) is 43. The van der Waals surface area contributed by atoms with Crippen molar-refractivity contribution in [2.75, 3.05) is 13.2 Å². The van der Waals surface area contributed by atoms with E-state index in [1.807, 2.05) is 0 Å². The third-order valence-electron chi connectivity index (χ3n) is 15.9. The summed E-state index contributed by atoms with van der Waals surface area (Å²) < 4.78 is 16.9. The quantitative estimate of drug-likeness (QED) is 0.0261. The molecule has 0 spiro atoms. The van der Waals surface area contributed by atoms with E-state index in [-0.39, 0.29) is 31.1 Å². The van der Waals surface area contributed by atoms with E-state index in [1.165, 1.54) is 238 Å². The number of esters is 3. The van der Waals surface area contributed by atoms with E-state index >= 15 is 0 Å². The van der Waals surface area contributed by atoms with Crippen molar-refractivity contribution in [3.05, 3.63) is 72.9 Å². The van der Waals surface area contributed by atoms with Crippen LogP contribution >= 0.6 is 0 Å². The van der Waals surface area contributed by atoms with Crippen molar-refractivity contribution in [1.29, 1.82) is 0 Å². The SMILES string of the molecule is CC/C=C\C/C=C\C/C=C\CCCCCC(=O)OCC(COC(=O)CCCCCCCCCCCCCCCCCCCCCCC/C=C\CCCCCCCCCC)OC(=O)CCCCCCCCC/C=C\C/C=C\CCCCCC. The zero-order valence-corrected chi connectivity index (χ0v) is 54.8. The molecular weight excluding hydrogens is 1010 g/mol. The highest BCUT2D eigenvalue weighted by Crippen LogP contribution is 2.18. The molecule has 1 unspecified atom stereocenters. The van der Waals surface area contributed by atoms with Gasteiger partial charge in [0.2, 0.25) is 0 Å². The lowest BCUT2D eigenvalue weighted by molar-refractivity contribution is -0.167. The van der Waals surface area contributed by atoms with Crippen LogP contribution < -0.4 is 0 Å². The summed E-state index contributed by atoms with van der Waals surface area (Å²) in [5.41, 5.74) is 0. The number of rotatable bonds is 66. The minimum absolute atomic E-state index is 0.0852. The molecule has 0 rings (SSSR count). The van der Waals surface area contributed by atoms with Gasteiger partial charge >= 0.3 is 17.9 Å². The molecule has 1 atom stereocenters. The van der Waals surface area contributed by atoms with Gasteiger partial charge in [0.15, 0.2) is 6.10 Å². The molecule has 0 aromatic heterocycles. The third kappa shape index (κ3) is 67.6. The molecule has 0 heterocycles. The van der Waals surface area contributed by atoms with Gasteiger partial charge in [-0.15, -0.1) is 0 Å². The number of ether oxygens (including phenoxy) is 3. The molecular formula is C76H136O6. The van der Waals surface area contributed by atoms with Crippen LogP contribution in [0.5, 0.6) is 0 Å². The summed E-state index contributed by atoms with van der Waals surface area (Å²) in [5, 5.41) is 0. The van der Waals surface area contributed by atoms with E-state index in [0.29, 0.717) is 19.3 Å². The first-order chi connectivity index (χ1) is 40.5. The van der Waals surface area contributed by atoms with Gasteiger partial charge in [-0.3, -0.25) is 14.4 Å². The molecule has 0 aliphatic carbocycles. The lowest BCUT2D eigenvalue weighted by atomic mass is 10.0. The van der Waals surface area contributed by atoms with Crippen LogP contribution in [0.4, 0.5) is 0 Å². The molecule has 6 nitrogen and oxygen atoms in total. The van der Waals surface area contributed by atoms with Gasteiger partial charge in [-0.25, -0.2) is 0 Å². The van der Waals surface area contributed by atoms with Crippen LogP contribution in [0.2, 0.25) is 0 Å². The minimum atomic E-state index is -0.792. The first kappa shape index (κ1) is 78.8. The molecule has 0 N–H and O–H groups in total.